The molecule has 1 aromatic carbocycles. The molecule has 1 fully saturated rings. The predicted octanol–water partition coefficient (Wildman–Crippen LogP) is 3.31. The van der Waals surface area contributed by atoms with E-state index in [0.717, 1.165) is 24.7 Å². The Balaban J connectivity index is 1.61. The fourth-order valence-corrected chi connectivity index (χ4v) is 2.61. The van der Waals surface area contributed by atoms with Crippen molar-refractivity contribution in [3.8, 4) is 11.3 Å². The van der Waals surface area contributed by atoms with Gasteiger partial charge in [-0.2, -0.15) is 0 Å². The van der Waals surface area contributed by atoms with E-state index in [1.807, 2.05) is 6.07 Å². The Hall–Kier alpha value is -1.19. The van der Waals surface area contributed by atoms with Crippen LogP contribution in [0, 0.1) is 5.92 Å². The van der Waals surface area contributed by atoms with Gasteiger partial charge in [-0.15, -0.1) is 11.3 Å². The van der Waals surface area contributed by atoms with Gasteiger partial charge in [-0.3, -0.25) is 0 Å². The average molecular weight is 244 g/mol. The maximum absolute atomic E-state index is 4.65. The van der Waals surface area contributed by atoms with E-state index in [-0.39, 0.29) is 0 Å². The summed E-state index contributed by atoms with van der Waals surface area (Å²) < 4.78 is 0. The Kier molecular flexibility index (Phi) is 3.20. The summed E-state index contributed by atoms with van der Waals surface area (Å²) in [5.74, 6) is 0.934. The van der Waals surface area contributed by atoms with Crippen LogP contribution in [0.4, 0.5) is 0 Å². The van der Waals surface area contributed by atoms with Gasteiger partial charge in [0.25, 0.3) is 0 Å². The lowest BCUT2D eigenvalue weighted by molar-refractivity contribution is 0.637. The molecule has 0 amide bonds. The number of benzene rings is 1. The fourth-order valence-electron chi connectivity index (χ4n) is 1.84. The molecule has 1 aliphatic rings. The monoisotopic (exact) mass is 244 g/mol. The highest BCUT2D eigenvalue weighted by molar-refractivity contribution is 7.09. The van der Waals surface area contributed by atoms with Gasteiger partial charge in [-0.05, 0) is 25.3 Å². The van der Waals surface area contributed by atoms with Gasteiger partial charge >= 0.3 is 0 Å². The van der Waals surface area contributed by atoms with Gasteiger partial charge in [0.15, 0.2) is 0 Å². The van der Waals surface area contributed by atoms with Gasteiger partial charge < -0.3 is 5.32 Å². The molecule has 2 nitrogen and oxygen atoms in total. The fraction of sp³-hybridized carbons (Fsp3) is 0.357. The summed E-state index contributed by atoms with van der Waals surface area (Å²) in [4.78, 5) is 4.65. The largest absolute Gasteiger partial charge is 0.310 e. The van der Waals surface area contributed by atoms with E-state index in [9.17, 15) is 0 Å². The van der Waals surface area contributed by atoms with Crippen molar-refractivity contribution in [1.29, 1.82) is 0 Å². The van der Waals surface area contributed by atoms with Crippen LogP contribution < -0.4 is 5.32 Å². The van der Waals surface area contributed by atoms with Crippen molar-refractivity contribution in [3.63, 3.8) is 0 Å². The molecule has 0 spiro atoms. The lowest BCUT2D eigenvalue weighted by Crippen LogP contribution is -2.15. The second-order valence-electron chi connectivity index (χ2n) is 4.57. The molecule has 1 heterocycles. The molecular formula is C14H16N2S. The summed E-state index contributed by atoms with van der Waals surface area (Å²) in [5, 5.41) is 6.80. The van der Waals surface area contributed by atoms with Crippen LogP contribution in [0.5, 0.6) is 0 Å². The standard InChI is InChI=1S/C14H16N2S/c1-2-4-12(5-3-1)13-10-17-14(16-13)9-15-8-11-6-7-11/h1-5,10-11,15H,6-9H2. The van der Waals surface area contributed by atoms with Gasteiger partial charge in [0.05, 0.1) is 5.69 Å². The van der Waals surface area contributed by atoms with Crippen LogP contribution in [0.25, 0.3) is 11.3 Å². The molecule has 0 unspecified atom stereocenters. The van der Waals surface area contributed by atoms with E-state index < -0.39 is 0 Å². The maximum atomic E-state index is 4.65. The average Bonchev–Trinajstić information content (AvgIpc) is 3.07. The van der Waals surface area contributed by atoms with Gasteiger partial charge in [-0.1, -0.05) is 30.3 Å². The van der Waals surface area contributed by atoms with Crippen LogP contribution in [-0.2, 0) is 6.54 Å². The van der Waals surface area contributed by atoms with Crippen molar-refractivity contribution in [2.75, 3.05) is 6.54 Å². The first-order chi connectivity index (χ1) is 8.42. The zero-order valence-electron chi connectivity index (χ0n) is 9.73. The minimum atomic E-state index is 0.911. The highest BCUT2D eigenvalue weighted by Gasteiger charge is 2.20. The predicted molar refractivity (Wildman–Crippen MR) is 72.0 cm³/mol. The lowest BCUT2D eigenvalue weighted by atomic mass is 10.2. The van der Waals surface area contributed by atoms with E-state index in [4.69, 9.17) is 0 Å². The second-order valence-corrected chi connectivity index (χ2v) is 5.51. The minimum Gasteiger partial charge on any atom is -0.310 e. The molecule has 1 aliphatic carbocycles. The van der Waals surface area contributed by atoms with Crippen LogP contribution >= 0.6 is 11.3 Å². The number of hydrogen-bond donors (Lipinski definition) is 1. The summed E-state index contributed by atoms with van der Waals surface area (Å²) in [5.41, 5.74) is 2.30. The number of nitrogens with one attached hydrogen (secondary N) is 1. The minimum absolute atomic E-state index is 0.911. The topological polar surface area (TPSA) is 24.9 Å². The molecule has 3 rings (SSSR count). The molecular weight excluding hydrogens is 228 g/mol. The van der Waals surface area contributed by atoms with Crippen LogP contribution in [0.2, 0.25) is 0 Å². The van der Waals surface area contributed by atoms with E-state index in [0.29, 0.717) is 0 Å². The maximum Gasteiger partial charge on any atom is 0.107 e. The number of aromatic nitrogens is 1. The smallest absolute Gasteiger partial charge is 0.107 e. The summed E-state index contributed by atoms with van der Waals surface area (Å²) >= 11 is 1.74. The normalized spacial score (nSPS) is 15.1. The molecule has 1 saturated carbocycles. The molecule has 1 aromatic heterocycles. The Morgan fingerprint density at radius 2 is 2.06 bits per heavy atom. The second kappa shape index (κ2) is 4.98. The van der Waals surface area contributed by atoms with Crippen LogP contribution in [0.1, 0.15) is 17.8 Å². The zero-order valence-corrected chi connectivity index (χ0v) is 10.5. The molecule has 2 aromatic rings. The van der Waals surface area contributed by atoms with Crippen molar-refractivity contribution < 1.29 is 0 Å². The van der Waals surface area contributed by atoms with E-state index in [1.165, 1.54) is 23.4 Å². The lowest BCUT2D eigenvalue weighted by Gasteiger charge is -1.99. The zero-order chi connectivity index (χ0) is 11.5. The van der Waals surface area contributed by atoms with Crippen LogP contribution in [-0.4, -0.2) is 11.5 Å². The highest BCUT2D eigenvalue weighted by atomic mass is 32.1. The van der Waals surface area contributed by atoms with Gasteiger partial charge in [0, 0.05) is 17.5 Å². The van der Waals surface area contributed by atoms with Crippen LogP contribution in [0.3, 0.4) is 0 Å². The number of hydrogen-bond acceptors (Lipinski definition) is 3. The summed E-state index contributed by atoms with van der Waals surface area (Å²) in [6, 6.07) is 10.4. The third kappa shape index (κ3) is 2.93. The summed E-state index contributed by atoms with van der Waals surface area (Å²) in [6.45, 7) is 2.06. The molecule has 17 heavy (non-hydrogen) atoms. The quantitative estimate of drug-likeness (QED) is 0.873. The molecule has 0 bridgehead atoms. The van der Waals surface area contributed by atoms with Crippen molar-refractivity contribution in [3.05, 3.63) is 40.7 Å². The first kappa shape index (κ1) is 10.9. The molecule has 0 aliphatic heterocycles. The van der Waals surface area contributed by atoms with Crippen molar-refractivity contribution in [1.82, 2.24) is 10.3 Å². The van der Waals surface area contributed by atoms with E-state index >= 15 is 0 Å². The Labute approximate surface area is 106 Å². The Bertz CT molecular complexity index is 474. The first-order valence-electron chi connectivity index (χ1n) is 6.12. The number of nitrogens with zero attached hydrogens (tertiary/aromatic N) is 1. The van der Waals surface area contributed by atoms with Crippen molar-refractivity contribution in [2.24, 2.45) is 5.92 Å². The molecule has 1 N–H and O–H groups in total. The van der Waals surface area contributed by atoms with Crippen molar-refractivity contribution >= 4 is 11.3 Å². The van der Waals surface area contributed by atoms with Gasteiger partial charge in [0.2, 0.25) is 0 Å². The van der Waals surface area contributed by atoms with Crippen LogP contribution in [0.15, 0.2) is 35.7 Å². The molecule has 88 valence electrons. The van der Waals surface area contributed by atoms with E-state index in [1.54, 1.807) is 11.3 Å². The van der Waals surface area contributed by atoms with Gasteiger partial charge in [0.1, 0.15) is 5.01 Å². The molecule has 0 saturated heterocycles. The molecule has 0 radical (unpaired) electrons. The number of thiazole rings is 1. The molecule has 0 atom stereocenters. The summed E-state index contributed by atoms with van der Waals surface area (Å²) in [7, 11) is 0. The third-order valence-electron chi connectivity index (χ3n) is 3.03. The summed E-state index contributed by atoms with van der Waals surface area (Å²) in [6.07, 6.45) is 2.81. The van der Waals surface area contributed by atoms with Crippen molar-refractivity contribution in [2.45, 2.75) is 19.4 Å². The van der Waals surface area contributed by atoms with Gasteiger partial charge in [-0.25, -0.2) is 4.98 Å². The third-order valence-corrected chi connectivity index (χ3v) is 3.88. The Morgan fingerprint density at radius 1 is 1.24 bits per heavy atom. The Morgan fingerprint density at radius 3 is 2.82 bits per heavy atom. The van der Waals surface area contributed by atoms with E-state index in [2.05, 4.69) is 39.9 Å². The molecule has 3 heteroatoms. The highest BCUT2D eigenvalue weighted by Crippen LogP contribution is 2.28. The SMILES string of the molecule is c1ccc(-c2csc(CNCC3CC3)n2)cc1. The number of rotatable bonds is 5. The first-order valence-corrected chi connectivity index (χ1v) is 7.00.